The molecule has 3 aromatic carbocycles. The van der Waals surface area contributed by atoms with Gasteiger partial charge in [0.15, 0.2) is 23.1 Å². The number of pyridine rings is 1. The third-order valence-electron chi connectivity index (χ3n) is 6.54. The summed E-state index contributed by atoms with van der Waals surface area (Å²) in [5.74, 6) is -3.29. The van der Waals surface area contributed by atoms with Gasteiger partial charge in [-0.3, -0.25) is 14.6 Å². The first-order valence-corrected chi connectivity index (χ1v) is 12.9. The number of nitrogens with zero attached hydrogens (tertiary/aromatic N) is 1. The van der Waals surface area contributed by atoms with Gasteiger partial charge < -0.3 is 40.9 Å². The minimum atomic E-state index is -1.40. The lowest BCUT2D eigenvalue weighted by Gasteiger charge is -2.16. The summed E-state index contributed by atoms with van der Waals surface area (Å²) in [6.07, 6.45) is 2.06. The highest BCUT2D eigenvalue weighted by Crippen LogP contribution is 2.47. The zero-order chi connectivity index (χ0) is 29.9. The molecule has 1 saturated carbocycles. The van der Waals surface area contributed by atoms with Crippen molar-refractivity contribution in [2.24, 2.45) is 5.41 Å². The molecule has 11 nitrogen and oxygen atoms in total. The van der Waals surface area contributed by atoms with Crippen LogP contribution in [0.3, 0.4) is 0 Å². The number of rotatable bonds is 11. The van der Waals surface area contributed by atoms with E-state index in [4.69, 9.17) is 14.2 Å². The molecular weight excluding hydrogens is 566 g/mol. The zero-order valence-electron chi connectivity index (χ0n) is 23.2. The number of benzene rings is 3. The van der Waals surface area contributed by atoms with E-state index in [1.54, 1.807) is 13.0 Å². The Labute approximate surface area is 244 Å². The molecule has 0 radical (unpaired) electrons. The first kappa shape index (κ1) is 30.7. The minimum Gasteiger partial charge on any atom is -0.546 e. The maximum atomic E-state index is 15.1. The summed E-state index contributed by atoms with van der Waals surface area (Å²) in [6.45, 7) is 1.32. The second kappa shape index (κ2) is 12.7. The Morgan fingerprint density at radius 2 is 1.51 bits per heavy atom. The van der Waals surface area contributed by atoms with Crippen molar-refractivity contribution in [2.45, 2.75) is 19.8 Å². The molecule has 43 heavy (non-hydrogen) atoms. The number of quaternary nitrogens is 1. The number of nitrogens with one attached hydrogen (secondary N) is 2. The molecule has 1 aliphatic carbocycles. The third-order valence-corrected chi connectivity index (χ3v) is 6.54. The highest BCUT2D eigenvalue weighted by Gasteiger charge is 2.56. The van der Waals surface area contributed by atoms with E-state index in [0.717, 1.165) is 6.07 Å². The van der Waals surface area contributed by atoms with E-state index in [-0.39, 0.29) is 41.4 Å². The predicted octanol–water partition coefficient (Wildman–Crippen LogP) is 4.57. The number of aromatic nitrogens is 1. The molecule has 0 spiro atoms. The Hall–Kier alpha value is -5.30. The number of carboxylic acids is 1. The van der Waals surface area contributed by atoms with E-state index in [9.17, 15) is 23.9 Å². The van der Waals surface area contributed by atoms with Gasteiger partial charge in [-0.1, -0.05) is 0 Å². The van der Waals surface area contributed by atoms with E-state index in [0.29, 0.717) is 29.4 Å². The molecule has 4 aromatic rings. The van der Waals surface area contributed by atoms with Crippen LogP contribution in [0.5, 0.6) is 23.0 Å². The number of carbonyl (C=O) groups is 3. The molecule has 1 aromatic heterocycles. The van der Waals surface area contributed by atoms with Crippen molar-refractivity contribution >= 4 is 40.1 Å². The van der Waals surface area contributed by atoms with Crippen LogP contribution in [-0.2, 0) is 14.4 Å². The quantitative estimate of drug-likeness (QED) is 0.212. The molecular formula is C30H28F2N4O7. The second-order valence-electron chi connectivity index (χ2n) is 9.46. The van der Waals surface area contributed by atoms with Crippen molar-refractivity contribution in [1.82, 2.24) is 11.1 Å². The van der Waals surface area contributed by atoms with E-state index >= 15 is 4.39 Å². The van der Waals surface area contributed by atoms with E-state index < -0.39 is 41.4 Å². The maximum Gasteiger partial charge on any atom is 0.240 e. The smallest absolute Gasteiger partial charge is 0.240 e. The van der Waals surface area contributed by atoms with Gasteiger partial charge in [0, 0.05) is 35.1 Å². The largest absolute Gasteiger partial charge is 0.546 e. The SMILES string of the molecule is CCOc1cc2c(Oc3ccc(NC(=O)C4(C(=O)Nc5ccc(F)cc5)CC4)cc3F)ccnc2cc1OCC(=O)[O-].[NH4+]. The predicted molar refractivity (Wildman–Crippen MR) is 151 cm³/mol. The monoisotopic (exact) mass is 594 g/mol. The van der Waals surface area contributed by atoms with Gasteiger partial charge in [0.25, 0.3) is 0 Å². The molecule has 224 valence electrons. The number of fused-ring (bicyclic) bond motifs is 1. The van der Waals surface area contributed by atoms with Gasteiger partial charge in [-0.05, 0) is 68.3 Å². The van der Waals surface area contributed by atoms with Crippen molar-refractivity contribution in [3.63, 3.8) is 0 Å². The van der Waals surface area contributed by atoms with Crippen LogP contribution in [0, 0.1) is 17.0 Å². The fourth-order valence-electron chi connectivity index (χ4n) is 4.23. The van der Waals surface area contributed by atoms with Gasteiger partial charge in [0.2, 0.25) is 11.8 Å². The molecule has 6 N–H and O–H groups in total. The Morgan fingerprint density at radius 3 is 2.14 bits per heavy atom. The molecule has 1 fully saturated rings. The van der Waals surface area contributed by atoms with Gasteiger partial charge in [-0.15, -0.1) is 0 Å². The Morgan fingerprint density at radius 1 is 0.860 bits per heavy atom. The molecule has 2 amide bonds. The Balaban J connectivity index is 0.00000423. The Kier molecular flexibility index (Phi) is 9.05. The highest BCUT2D eigenvalue weighted by molar-refractivity contribution is 6.16. The van der Waals surface area contributed by atoms with Crippen molar-refractivity contribution < 1.29 is 42.5 Å². The number of aliphatic carboxylic acids is 1. The number of hydrogen-bond acceptors (Lipinski definition) is 8. The minimum absolute atomic E-state index is 0. The third kappa shape index (κ3) is 6.79. The summed E-state index contributed by atoms with van der Waals surface area (Å²) in [6, 6.07) is 13.6. The van der Waals surface area contributed by atoms with E-state index in [1.165, 1.54) is 54.7 Å². The molecule has 0 unspecified atom stereocenters. The van der Waals surface area contributed by atoms with Crippen molar-refractivity contribution in [1.29, 1.82) is 0 Å². The topological polar surface area (TPSA) is 175 Å². The first-order valence-electron chi connectivity index (χ1n) is 12.9. The summed E-state index contributed by atoms with van der Waals surface area (Å²) >= 11 is 0. The van der Waals surface area contributed by atoms with Crippen LogP contribution in [0.25, 0.3) is 10.9 Å². The van der Waals surface area contributed by atoms with Crippen LogP contribution in [0.1, 0.15) is 19.8 Å². The van der Waals surface area contributed by atoms with Crippen LogP contribution in [0.4, 0.5) is 20.2 Å². The van der Waals surface area contributed by atoms with E-state index in [2.05, 4.69) is 15.6 Å². The zero-order valence-corrected chi connectivity index (χ0v) is 23.2. The molecule has 1 aliphatic rings. The van der Waals surface area contributed by atoms with Gasteiger partial charge in [-0.2, -0.15) is 0 Å². The summed E-state index contributed by atoms with van der Waals surface area (Å²) in [5, 5.41) is 16.5. The summed E-state index contributed by atoms with van der Waals surface area (Å²) < 4.78 is 44.9. The van der Waals surface area contributed by atoms with Gasteiger partial charge >= 0.3 is 0 Å². The van der Waals surface area contributed by atoms with Crippen LogP contribution in [0.2, 0.25) is 0 Å². The Bertz CT molecular complexity index is 1680. The number of hydrogen-bond donors (Lipinski definition) is 3. The van der Waals surface area contributed by atoms with Crippen molar-refractivity contribution in [2.75, 3.05) is 23.8 Å². The molecule has 0 aliphatic heterocycles. The average Bonchev–Trinajstić information content (AvgIpc) is 3.77. The van der Waals surface area contributed by atoms with Crippen LogP contribution < -0.4 is 36.1 Å². The van der Waals surface area contributed by atoms with Crippen molar-refractivity contribution in [3.8, 4) is 23.0 Å². The first-order chi connectivity index (χ1) is 20.2. The number of halogens is 2. The van der Waals surface area contributed by atoms with Gasteiger partial charge in [0.1, 0.15) is 23.6 Å². The molecule has 0 atom stereocenters. The van der Waals surface area contributed by atoms with Crippen LogP contribution in [-0.4, -0.2) is 36.0 Å². The van der Waals surface area contributed by atoms with Crippen LogP contribution >= 0.6 is 0 Å². The van der Waals surface area contributed by atoms with Gasteiger partial charge in [-0.25, -0.2) is 8.78 Å². The molecule has 0 saturated heterocycles. The fraction of sp³-hybridized carbons (Fsp3) is 0.200. The van der Waals surface area contributed by atoms with Crippen molar-refractivity contribution in [3.05, 3.63) is 78.5 Å². The number of ether oxygens (including phenoxy) is 3. The van der Waals surface area contributed by atoms with E-state index in [1.807, 2.05) is 0 Å². The normalized spacial score (nSPS) is 12.9. The number of amides is 2. The number of carbonyl (C=O) groups excluding carboxylic acids is 3. The maximum absolute atomic E-state index is 15.1. The summed E-state index contributed by atoms with van der Waals surface area (Å²) in [4.78, 5) is 40.8. The lowest BCUT2D eigenvalue weighted by molar-refractivity contribution is -0.307. The highest BCUT2D eigenvalue weighted by atomic mass is 19.1. The summed E-state index contributed by atoms with van der Waals surface area (Å²) in [7, 11) is 0. The second-order valence-corrected chi connectivity index (χ2v) is 9.46. The number of anilines is 2. The average molecular weight is 595 g/mol. The fourth-order valence-corrected chi connectivity index (χ4v) is 4.23. The van der Waals surface area contributed by atoms with Crippen LogP contribution in [0.15, 0.2) is 66.9 Å². The molecule has 5 rings (SSSR count). The lowest BCUT2D eigenvalue weighted by Crippen LogP contribution is -2.35. The summed E-state index contributed by atoms with van der Waals surface area (Å²) in [5.41, 5.74) is -0.454. The molecule has 1 heterocycles. The van der Waals surface area contributed by atoms with Gasteiger partial charge in [0.05, 0.1) is 18.1 Å². The lowest BCUT2D eigenvalue weighted by atomic mass is 10.0. The standard InChI is InChI=1S/C30H25F2N3O7.H3N/c1-2-40-25-14-20-22(15-26(25)41-16-27(36)37)33-12-9-23(20)42-24-8-7-19(13-21(24)32)35-29(39)30(10-11-30)28(38)34-18-5-3-17(31)4-6-18;/h3-9,12-15H,2,10-11,16H2,1H3,(H,34,38)(H,35,39)(H,36,37);1H3. The molecule has 13 heteroatoms. The molecule has 0 bridgehead atoms. The number of carboxylic acid groups (broad SMARTS) is 1.